The van der Waals surface area contributed by atoms with E-state index in [1.54, 1.807) is 0 Å². The first kappa shape index (κ1) is 98.4. The largest absolute Gasteiger partial charge is 0.472 e. The van der Waals surface area contributed by atoms with Gasteiger partial charge in [0, 0.05) is 19.3 Å². The number of aliphatic hydroxyl groups excluding tert-OH is 2. The molecule has 18 heteroatoms. The van der Waals surface area contributed by atoms with Gasteiger partial charge in [0.05, 0.1) is 26.4 Å². The highest BCUT2D eigenvalue weighted by Crippen LogP contribution is 2.45. The Morgan fingerprint density at radius 3 is 0.816 bits per heavy atom. The standard InChI is InChI=1S/C85H144O16P2/c1-4-7-10-13-16-19-22-25-27-29-31-33-34-35-36-37-38-39-40-41-42-43-44-46-48-49-51-54-56-59-62-65-68-71-83(88)95-74-80(86)75-97-102(91,92)98-76-81(87)77-99-103(93,94)100-79-82(101-85(90)73-70-67-64-61-58-53-24-21-18-15-12-9-6-3)78-96-84(89)72-69-66-63-60-57-55-52-50-47-45-32-30-28-26-23-20-17-14-11-8-5-2/h7-8,10-12,15-17,19-21,24-28,31-33,35-36,45,50,52,80-82,86-87H,4-6,9,13-14,18,22-23,29-30,34,37-44,46-49,51,53-79H2,1-3H3,(H,91,92)(H,93,94)/b10-7-,11-8-,15-12-,19-16-,20-17-,24-21-,27-25-,28-26-,33-31-,36-35-,45-32-,52-50-. The minimum absolute atomic E-state index is 0.0805. The number of unbranched alkanes of at least 4 members (excludes halogenated alkanes) is 28. The molecule has 0 saturated carbocycles. The summed E-state index contributed by atoms with van der Waals surface area (Å²) in [6.45, 7) is 2.35. The Morgan fingerprint density at radius 1 is 0.282 bits per heavy atom. The van der Waals surface area contributed by atoms with Gasteiger partial charge in [-0.1, -0.05) is 308 Å². The molecular weight excluding hydrogens is 1340 g/mol. The van der Waals surface area contributed by atoms with Crippen LogP contribution in [0.1, 0.15) is 316 Å². The Hall–Kier alpha value is -4.57. The summed E-state index contributed by atoms with van der Waals surface area (Å²) >= 11 is 0. The van der Waals surface area contributed by atoms with Gasteiger partial charge in [0.15, 0.2) is 6.10 Å². The Morgan fingerprint density at radius 2 is 0.515 bits per heavy atom. The molecule has 0 bridgehead atoms. The van der Waals surface area contributed by atoms with E-state index in [2.05, 4.69) is 167 Å². The van der Waals surface area contributed by atoms with Crippen LogP contribution in [-0.4, -0.2) is 95.9 Å². The fraction of sp³-hybridized carbons (Fsp3) is 0.682. The molecule has 0 aromatic rings. The summed E-state index contributed by atoms with van der Waals surface area (Å²) in [6, 6.07) is 0. The number of ether oxygens (including phenoxy) is 3. The molecule has 0 aromatic carbocycles. The van der Waals surface area contributed by atoms with E-state index in [9.17, 15) is 43.5 Å². The number of carbonyl (C=O) groups excluding carboxylic acids is 3. The average Bonchev–Trinajstić information content (AvgIpc) is 0.937. The molecule has 5 unspecified atom stereocenters. The van der Waals surface area contributed by atoms with Crippen LogP contribution < -0.4 is 0 Å². The fourth-order valence-electron chi connectivity index (χ4n) is 10.5. The molecule has 0 aliphatic carbocycles. The van der Waals surface area contributed by atoms with Crippen molar-refractivity contribution >= 4 is 33.6 Å². The molecule has 0 rings (SSSR count). The van der Waals surface area contributed by atoms with E-state index < -0.39 is 91.5 Å². The van der Waals surface area contributed by atoms with E-state index in [0.717, 1.165) is 167 Å². The van der Waals surface area contributed by atoms with Crippen LogP contribution >= 0.6 is 15.6 Å². The first-order chi connectivity index (χ1) is 50.2. The predicted molar refractivity (Wildman–Crippen MR) is 426 cm³/mol. The maximum Gasteiger partial charge on any atom is 0.472 e. The van der Waals surface area contributed by atoms with Crippen molar-refractivity contribution in [3.63, 3.8) is 0 Å². The maximum atomic E-state index is 12.9. The van der Waals surface area contributed by atoms with Crippen LogP contribution in [0.3, 0.4) is 0 Å². The van der Waals surface area contributed by atoms with Crippen molar-refractivity contribution in [2.75, 3.05) is 39.6 Å². The molecule has 0 saturated heterocycles. The van der Waals surface area contributed by atoms with E-state index in [1.165, 1.54) is 89.9 Å². The van der Waals surface area contributed by atoms with Crippen molar-refractivity contribution in [3.8, 4) is 0 Å². The van der Waals surface area contributed by atoms with E-state index in [0.29, 0.717) is 19.3 Å². The maximum absolute atomic E-state index is 12.9. The van der Waals surface area contributed by atoms with Crippen LogP contribution in [0.2, 0.25) is 0 Å². The van der Waals surface area contributed by atoms with Crippen LogP contribution in [-0.2, 0) is 55.8 Å². The highest BCUT2D eigenvalue weighted by atomic mass is 31.2. The summed E-state index contributed by atoms with van der Waals surface area (Å²) in [5.41, 5.74) is 0. The van der Waals surface area contributed by atoms with E-state index >= 15 is 0 Å². The fourth-order valence-corrected chi connectivity index (χ4v) is 12.1. The Balaban J connectivity index is 4.43. The van der Waals surface area contributed by atoms with Gasteiger partial charge in [-0.3, -0.25) is 32.5 Å². The third-order valence-electron chi connectivity index (χ3n) is 16.5. The zero-order valence-corrected chi connectivity index (χ0v) is 66.2. The van der Waals surface area contributed by atoms with Crippen molar-refractivity contribution in [2.45, 2.75) is 334 Å². The summed E-state index contributed by atoms with van der Waals surface area (Å²) in [4.78, 5) is 58.6. The van der Waals surface area contributed by atoms with Crippen molar-refractivity contribution in [2.24, 2.45) is 0 Å². The van der Waals surface area contributed by atoms with Crippen LogP contribution in [0.25, 0.3) is 0 Å². The lowest BCUT2D eigenvalue weighted by Gasteiger charge is -2.21. The van der Waals surface area contributed by atoms with Crippen molar-refractivity contribution in [1.82, 2.24) is 0 Å². The van der Waals surface area contributed by atoms with Crippen LogP contribution in [0, 0.1) is 0 Å². The first-order valence-electron chi connectivity index (χ1n) is 40.1. The quantitative estimate of drug-likeness (QED) is 0.0146. The van der Waals surface area contributed by atoms with Gasteiger partial charge in [0.25, 0.3) is 0 Å². The van der Waals surface area contributed by atoms with Crippen LogP contribution in [0.4, 0.5) is 0 Å². The number of esters is 3. The van der Waals surface area contributed by atoms with E-state index in [4.69, 9.17) is 32.3 Å². The molecule has 16 nitrogen and oxygen atoms in total. The average molecular weight is 1480 g/mol. The highest BCUT2D eigenvalue weighted by molar-refractivity contribution is 7.47. The van der Waals surface area contributed by atoms with Gasteiger partial charge in [0.1, 0.15) is 25.4 Å². The van der Waals surface area contributed by atoms with Crippen LogP contribution in [0.15, 0.2) is 146 Å². The predicted octanol–water partition coefficient (Wildman–Crippen LogP) is 23.7. The SMILES string of the molecule is CC/C=C\C/C=C\C/C=C\C/C=C\C/C=C\CCCCCCCCCCCCCCCCCCCC(=O)OCC(O)COP(=O)(O)OCC(O)COP(=O)(O)OCC(COC(=O)CCCCCCC/C=C\C/C=C\C/C=C\C/C=C\C/C=C\CC)OC(=O)CCCCCCC/C=C\C/C=C\CCC. The van der Waals surface area contributed by atoms with Crippen molar-refractivity contribution in [3.05, 3.63) is 146 Å². The number of rotatable bonds is 75. The first-order valence-corrected chi connectivity index (χ1v) is 43.1. The number of carbonyl (C=O) groups is 3. The van der Waals surface area contributed by atoms with E-state index in [1.807, 2.05) is 0 Å². The Kier molecular flexibility index (Phi) is 73.6. The minimum Gasteiger partial charge on any atom is -0.463 e. The molecule has 4 N–H and O–H groups in total. The van der Waals surface area contributed by atoms with Crippen LogP contribution in [0.5, 0.6) is 0 Å². The number of phosphoric ester groups is 2. The lowest BCUT2D eigenvalue weighted by atomic mass is 10.0. The second kappa shape index (κ2) is 77.1. The van der Waals surface area contributed by atoms with Gasteiger partial charge in [-0.05, 0) is 135 Å². The molecule has 0 heterocycles. The molecule has 0 aromatic heterocycles. The number of allylic oxidation sites excluding steroid dienone is 24. The van der Waals surface area contributed by atoms with Crippen molar-refractivity contribution < 1.29 is 75.8 Å². The zero-order valence-electron chi connectivity index (χ0n) is 64.4. The summed E-state index contributed by atoms with van der Waals surface area (Å²) in [6.07, 6.45) is 94.9. The van der Waals surface area contributed by atoms with Gasteiger partial charge in [-0.15, -0.1) is 0 Å². The summed E-state index contributed by atoms with van der Waals surface area (Å²) in [5, 5.41) is 20.6. The Bertz CT molecular complexity index is 2450. The number of hydrogen-bond acceptors (Lipinski definition) is 14. The topological polar surface area (TPSA) is 231 Å². The second-order valence-corrected chi connectivity index (χ2v) is 29.4. The molecule has 5 atom stereocenters. The van der Waals surface area contributed by atoms with Gasteiger partial charge in [-0.2, -0.15) is 0 Å². The zero-order chi connectivity index (χ0) is 75.2. The molecular formula is C85H144O16P2. The summed E-state index contributed by atoms with van der Waals surface area (Å²) in [7, 11) is -9.80. The van der Waals surface area contributed by atoms with Gasteiger partial charge < -0.3 is 34.2 Å². The third-order valence-corrected chi connectivity index (χ3v) is 18.4. The van der Waals surface area contributed by atoms with E-state index in [-0.39, 0.29) is 19.3 Å². The normalized spacial score (nSPS) is 14.7. The molecule has 0 aliphatic heterocycles. The number of hydrogen-bond donors (Lipinski definition) is 4. The molecule has 0 radical (unpaired) electrons. The number of phosphoric acid groups is 2. The second-order valence-electron chi connectivity index (χ2n) is 26.5. The minimum atomic E-state index is -4.94. The van der Waals surface area contributed by atoms with Gasteiger partial charge in [-0.25, -0.2) is 9.13 Å². The smallest absolute Gasteiger partial charge is 0.463 e. The highest BCUT2D eigenvalue weighted by Gasteiger charge is 2.29. The number of aliphatic hydroxyl groups is 2. The molecule has 0 aliphatic rings. The summed E-state index contributed by atoms with van der Waals surface area (Å²) < 4.78 is 61.1. The van der Waals surface area contributed by atoms with Gasteiger partial charge in [0.2, 0.25) is 0 Å². The molecule has 103 heavy (non-hydrogen) atoms. The lowest BCUT2D eigenvalue weighted by Crippen LogP contribution is -2.30. The van der Waals surface area contributed by atoms with Gasteiger partial charge >= 0.3 is 33.6 Å². The lowest BCUT2D eigenvalue weighted by molar-refractivity contribution is -0.161. The molecule has 590 valence electrons. The molecule has 0 amide bonds. The molecule has 0 fully saturated rings. The van der Waals surface area contributed by atoms with Crippen molar-refractivity contribution in [1.29, 1.82) is 0 Å². The third kappa shape index (κ3) is 78.3. The Labute approximate surface area is 626 Å². The monoisotopic (exact) mass is 1480 g/mol. The molecule has 0 spiro atoms. The summed E-state index contributed by atoms with van der Waals surface area (Å²) in [5.74, 6) is -1.61.